The van der Waals surface area contributed by atoms with E-state index in [1.165, 1.54) is 75.7 Å². The first kappa shape index (κ1) is 53.8. The summed E-state index contributed by atoms with van der Waals surface area (Å²) in [7, 11) is -6.09. The van der Waals surface area contributed by atoms with Gasteiger partial charge in [0.05, 0.1) is 5.92 Å². The first-order valence-corrected chi connectivity index (χ1v) is 23.0. The third-order valence-corrected chi connectivity index (χ3v) is 13.5. The van der Waals surface area contributed by atoms with E-state index < -0.39 is 50.9 Å². The van der Waals surface area contributed by atoms with Gasteiger partial charge in [0.2, 0.25) is 4.20 Å². The number of thioether (sulfide) groups is 1. The Bertz CT molecular complexity index is 1590. The van der Waals surface area contributed by atoms with Gasteiger partial charge in [0.1, 0.15) is 11.5 Å². The lowest BCUT2D eigenvalue weighted by atomic mass is 9.79. The average molecular weight is 899 g/mol. The van der Waals surface area contributed by atoms with E-state index >= 15 is 0 Å². The van der Waals surface area contributed by atoms with Crippen molar-refractivity contribution in [2.75, 3.05) is 11.5 Å². The summed E-state index contributed by atoms with van der Waals surface area (Å²) in [6, 6.07) is 5.16. The fourth-order valence-electron chi connectivity index (χ4n) is 6.79. The molecular formula is C41H59F9O5S3. The molecule has 2 saturated carbocycles. The van der Waals surface area contributed by atoms with Gasteiger partial charge in [-0.2, -0.15) is 22.0 Å². The molecule has 2 fully saturated rings. The minimum absolute atomic E-state index is 0. The van der Waals surface area contributed by atoms with E-state index in [0.29, 0.717) is 24.8 Å². The Balaban J connectivity index is 0.000000420. The Kier molecular flexibility index (Phi) is 24.9. The number of halogens is 9. The van der Waals surface area contributed by atoms with Gasteiger partial charge in [-0.3, -0.25) is 0 Å². The Morgan fingerprint density at radius 1 is 0.759 bits per heavy atom. The van der Waals surface area contributed by atoms with Gasteiger partial charge < -0.3 is 14.4 Å². The van der Waals surface area contributed by atoms with Crippen LogP contribution in [0, 0.1) is 46.9 Å². The molecule has 0 unspecified atom stereocenters. The lowest BCUT2D eigenvalue weighted by Crippen LogP contribution is -2.37. The monoisotopic (exact) mass is 898 g/mol. The fraction of sp³-hybridized carbons (Fsp3) is 0.683. The summed E-state index contributed by atoms with van der Waals surface area (Å²) in [6.45, 7) is 4.46. The van der Waals surface area contributed by atoms with Gasteiger partial charge in [-0.15, -0.1) is 0 Å². The van der Waals surface area contributed by atoms with Crippen LogP contribution in [0.4, 0.5) is 39.5 Å². The molecular weight excluding hydrogens is 840 g/mol. The summed E-state index contributed by atoms with van der Waals surface area (Å²) in [5.74, 6) is -0.376. The highest BCUT2D eigenvalue weighted by Gasteiger charge is 2.44. The fourth-order valence-corrected chi connectivity index (χ4v) is 9.73. The molecule has 0 saturated heterocycles. The van der Waals surface area contributed by atoms with Crippen LogP contribution in [0.1, 0.15) is 130 Å². The normalized spacial score (nSPS) is 21.0. The molecule has 1 heterocycles. The third-order valence-electron chi connectivity index (χ3n) is 10.0. The predicted molar refractivity (Wildman–Crippen MR) is 216 cm³/mol. The SMILES string of the molecule is C.CCCCCC1CCC(C(F)(F)Oc2ccc(F)c(F)c2)CC1.CCCCCC1CCC(C2=[S+]CCCS2)CC1.O=S(=O)([O-])C(F)(F)F.Oc1ccc(F)c(F)c1. The van der Waals surface area contributed by atoms with Crippen molar-refractivity contribution in [3.8, 4) is 11.5 Å². The molecule has 58 heavy (non-hydrogen) atoms. The maximum Gasteiger partial charge on any atom is 0.485 e. The van der Waals surface area contributed by atoms with Crippen LogP contribution in [-0.2, 0) is 21.5 Å². The average Bonchev–Trinajstić information content (AvgIpc) is 3.16. The first-order valence-electron chi connectivity index (χ1n) is 19.6. The zero-order valence-electron chi connectivity index (χ0n) is 32.4. The molecule has 0 atom stereocenters. The van der Waals surface area contributed by atoms with Crippen LogP contribution >= 0.6 is 11.8 Å². The first-order chi connectivity index (χ1) is 26.8. The quantitative estimate of drug-likeness (QED) is 0.0570. The van der Waals surface area contributed by atoms with E-state index in [1.54, 1.807) is 4.20 Å². The smallest absolute Gasteiger partial charge is 0.485 e. The number of phenolic OH excluding ortho intramolecular Hbond substituents is 1. The van der Waals surface area contributed by atoms with Crippen molar-refractivity contribution in [2.45, 2.75) is 142 Å². The summed E-state index contributed by atoms with van der Waals surface area (Å²) in [5, 5.41) is 8.53. The number of phenols is 1. The van der Waals surface area contributed by atoms with Crippen LogP contribution < -0.4 is 4.74 Å². The second-order valence-corrected chi connectivity index (χ2v) is 18.4. The van der Waals surface area contributed by atoms with Gasteiger partial charge in [-0.05, 0) is 87.5 Å². The van der Waals surface area contributed by atoms with Crippen LogP contribution in [0.2, 0.25) is 0 Å². The molecule has 2 aliphatic carbocycles. The molecule has 1 aliphatic heterocycles. The Morgan fingerprint density at radius 2 is 1.24 bits per heavy atom. The molecule has 5 rings (SSSR count). The zero-order valence-corrected chi connectivity index (χ0v) is 34.9. The molecule has 2 aromatic carbocycles. The number of hydrogen-bond acceptors (Lipinski definition) is 6. The number of aromatic hydroxyl groups is 1. The highest BCUT2D eigenvalue weighted by molar-refractivity contribution is 8.23. The lowest BCUT2D eigenvalue weighted by molar-refractivity contribution is -0.223. The summed E-state index contributed by atoms with van der Waals surface area (Å²) in [4.78, 5) is 0. The zero-order chi connectivity index (χ0) is 42.6. The van der Waals surface area contributed by atoms with Crippen molar-refractivity contribution < 1.29 is 62.3 Å². The predicted octanol–water partition coefficient (Wildman–Crippen LogP) is 13.4. The Morgan fingerprint density at radius 3 is 1.66 bits per heavy atom. The van der Waals surface area contributed by atoms with E-state index in [1.807, 2.05) is 0 Å². The van der Waals surface area contributed by atoms with Gasteiger partial charge in [0.15, 0.2) is 50.5 Å². The number of rotatable bonds is 12. The van der Waals surface area contributed by atoms with Crippen LogP contribution in [0.5, 0.6) is 11.5 Å². The lowest BCUT2D eigenvalue weighted by Gasteiger charge is -2.33. The molecule has 5 nitrogen and oxygen atoms in total. The molecule has 0 bridgehead atoms. The summed E-state index contributed by atoms with van der Waals surface area (Å²) in [6.07, 6.45) is 16.9. The summed E-state index contributed by atoms with van der Waals surface area (Å²) >= 11 is 4.34. The number of unbranched alkanes of at least 4 members (excludes halogenated alkanes) is 4. The Labute approximate surface area is 347 Å². The van der Waals surface area contributed by atoms with E-state index in [4.69, 9.17) is 18.1 Å². The second kappa shape index (κ2) is 26.9. The van der Waals surface area contributed by atoms with E-state index in [2.05, 4.69) is 41.7 Å². The second-order valence-electron chi connectivity index (χ2n) is 14.5. The van der Waals surface area contributed by atoms with Crippen LogP contribution in [0.15, 0.2) is 36.4 Å². The van der Waals surface area contributed by atoms with Gasteiger partial charge in [-0.1, -0.05) is 84.4 Å². The van der Waals surface area contributed by atoms with Crippen molar-refractivity contribution in [1.82, 2.24) is 0 Å². The highest BCUT2D eigenvalue weighted by Crippen LogP contribution is 2.41. The summed E-state index contributed by atoms with van der Waals surface area (Å²) < 4.78 is 144. The summed E-state index contributed by atoms with van der Waals surface area (Å²) in [5.41, 5.74) is -5.65. The highest BCUT2D eigenvalue weighted by atomic mass is 32.2. The van der Waals surface area contributed by atoms with E-state index in [9.17, 15) is 39.5 Å². The molecule has 0 amide bonds. The van der Waals surface area contributed by atoms with Crippen molar-refractivity contribution in [3.63, 3.8) is 0 Å². The van der Waals surface area contributed by atoms with Crippen molar-refractivity contribution in [3.05, 3.63) is 59.7 Å². The third kappa shape index (κ3) is 20.3. The number of alkyl halides is 5. The van der Waals surface area contributed by atoms with Crippen molar-refractivity contribution in [2.24, 2.45) is 23.7 Å². The molecule has 0 aromatic heterocycles. The maximum absolute atomic E-state index is 14.2. The molecule has 2 aromatic rings. The molecule has 334 valence electrons. The molecule has 17 heteroatoms. The van der Waals surface area contributed by atoms with Gasteiger partial charge in [0.25, 0.3) is 0 Å². The minimum atomic E-state index is -6.09. The molecule has 0 radical (unpaired) electrons. The maximum atomic E-state index is 14.2. The number of ether oxygens (including phenoxy) is 1. The standard InChI is InChI=1S/C18H24F4O.C15H27S2.C6H4F2O.CHF3O3S.CH4/c1-2-3-4-5-13-6-8-14(9-7-13)18(21,22)23-15-10-11-16(19)17(20)12-15;1-2-3-4-6-13-7-9-14(10-8-13)15-16-11-5-12-17-15;7-5-2-1-4(9)3-6(5)8;2-1(3,4)8(5,6)7;/h10-14H,2-9H2,1H3;13-14H,2-12H2,1H3;1-3,9H;(H,5,6,7);1H4/q;+1;;;/p-1. The van der Waals surface area contributed by atoms with Crippen molar-refractivity contribution in [1.29, 1.82) is 0 Å². The van der Waals surface area contributed by atoms with Gasteiger partial charge in [0, 0.05) is 30.2 Å². The largest absolute Gasteiger partial charge is 0.741 e. The minimum Gasteiger partial charge on any atom is -0.741 e. The van der Waals surface area contributed by atoms with Crippen LogP contribution in [0.25, 0.3) is 0 Å². The molecule has 1 N–H and O–H groups in total. The van der Waals surface area contributed by atoms with Gasteiger partial charge >= 0.3 is 11.6 Å². The van der Waals surface area contributed by atoms with E-state index in [-0.39, 0.29) is 18.9 Å². The van der Waals surface area contributed by atoms with Crippen LogP contribution in [-0.4, -0.2) is 45.4 Å². The molecule has 0 spiro atoms. The van der Waals surface area contributed by atoms with Crippen molar-refractivity contribution >= 4 is 37.4 Å². The topological polar surface area (TPSA) is 86.7 Å². The molecule has 3 aliphatic rings. The van der Waals surface area contributed by atoms with Crippen LogP contribution in [0.3, 0.4) is 0 Å². The number of hydrogen-bond donors (Lipinski definition) is 1. The van der Waals surface area contributed by atoms with Gasteiger partial charge in [-0.25, -0.2) is 26.0 Å². The van der Waals surface area contributed by atoms with E-state index in [0.717, 1.165) is 74.3 Å². The Hall–Kier alpha value is -2.24. The number of benzene rings is 2.